The third kappa shape index (κ3) is 5.21. The van der Waals surface area contributed by atoms with E-state index >= 15 is 0 Å². The molecule has 2 aromatic carbocycles. The Morgan fingerprint density at radius 3 is 2.68 bits per heavy atom. The summed E-state index contributed by atoms with van der Waals surface area (Å²) in [5, 5.41) is 6.34. The molecule has 0 radical (unpaired) electrons. The number of ether oxygens (including phenoxy) is 1. The molecule has 1 unspecified atom stereocenters. The van der Waals surface area contributed by atoms with E-state index in [1.165, 1.54) is 0 Å². The van der Waals surface area contributed by atoms with E-state index in [4.69, 9.17) is 4.74 Å². The lowest BCUT2D eigenvalue weighted by molar-refractivity contribution is -0.118. The number of nitrogens with one attached hydrogen (secondary N) is 2. The zero-order valence-electron chi connectivity index (χ0n) is 14.5. The molecule has 1 heterocycles. The van der Waals surface area contributed by atoms with Gasteiger partial charge in [-0.1, -0.05) is 36.8 Å². The molecule has 5 heteroatoms. The van der Waals surface area contributed by atoms with Crippen LogP contribution >= 0.6 is 12.4 Å². The molecule has 25 heavy (non-hydrogen) atoms. The lowest BCUT2D eigenvalue weighted by Gasteiger charge is -2.23. The zero-order valence-corrected chi connectivity index (χ0v) is 15.3. The van der Waals surface area contributed by atoms with Crippen molar-refractivity contribution in [2.45, 2.75) is 38.8 Å². The van der Waals surface area contributed by atoms with Gasteiger partial charge in [0.05, 0.1) is 6.04 Å². The highest BCUT2D eigenvalue weighted by Gasteiger charge is 2.21. The smallest absolute Gasteiger partial charge is 0.241 e. The molecular weight excluding hydrogens is 336 g/mol. The summed E-state index contributed by atoms with van der Waals surface area (Å²) in [6.45, 7) is 3.43. The van der Waals surface area contributed by atoms with E-state index in [0.717, 1.165) is 48.4 Å². The van der Waals surface area contributed by atoms with E-state index in [-0.39, 0.29) is 24.4 Å². The highest BCUT2D eigenvalue weighted by Crippen LogP contribution is 2.22. The van der Waals surface area contributed by atoms with Crippen LogP contribution in [-0.4, -0.2) is 18.5 Å². The Kier molecular flexibility index (Phi) is 7.29. The third-order valence-electron chi connectivity index (χ3n) is 4.47. The summed E-state index contributed by atoms with van der Waals surface area (Å²) in [5.74, 6) is 0.900. The van der Waals surface area contributed by atoms with Crippen molar-refractivity contribution in [3.8, 4) is 5.75 Å². The molecule has 1 fully saturated rings. The Labute approximate surface area is 155 Å². The van der Waals surface area contributed by atoms with Gasteiger partial charge in [-0.2, -0.15) is 0 Å². The van der Waals surface area contributed by atoms with Crippen LogP contribution in [0.1, 0.15) is 30.4 Å². The van der Waals surface area contributed by atoms with Gasteiger partial charge in [0.2, 0.25) is 5.91 Å². The highest BCUT2D eigenvalue weighted by molar-refractivity contribution is 5.95. The molecule has 0 saturated carbocycles. The number of para-hydroxylation sites is 1. The predicted molar refractivity (Wildman–Crippen MR) is 103 cm³/mol. The number of piperidine rings is 1. The van der Waals surface area contributed by atoms with Crippen LogP contribution in [0.25, 0.3) is 0 Å². The van der Waals surface area contributed by atoms with E-state index < -0.39 is 0 Å². The van der Waals surface area contributed by atoms with Gasteiger partial charge in [-0.3, -0.25) is 4.79 Å². The van der Waals surface area contributed by atoms with Gasteiger partial charge in [0.1, 0.15) is 12.4 Å². The van der Waals surface area contributed by atoms with Gasteiger partial charge in [-0.25, -0.2) is 0 Å². The number of hydrogen-bond donors (Lipinski definition) is 2. The van der Waals surface area contributed by atoms with Crippen molar-refractivity contribution in [1.29, 1.82) is 0 Å². The third-order valence-corrected chi connectivity index (χ3v) is 4.47. The average molecular weight is 361 g/mol. The number of halogens is 1. The Hall–Kier alpha value is -2.04. The van der Waals surface area contributed by atoms with Crippen LogP contribution in [0, 0.1) is 6.92 Å². The molecule has 3 rings (SSSR count). The molecular formula is C20H25ClN2O2. The maximum atomic E-state index is 12.4. The van der Waals surface area contributed by atoms with Crippen molar-refractivity contribution in [3.63, 3.8) is 0 Å². The summed E-state index contributed by atoms with van der Waals surface area (Å²) in [5.41, 5.74) is 2.99. The maximum Gasteiger partial charge on any atom is 0.241 e. The standard InChI is InChI=1S/C20H24N2O2.ClH/c1-15-16(14-24-17-9-3-2-4-10-17)8-7-12-18(15)22-20(23)19-11-5-6-13-21-19;/h2-4,7-10,12,19,21H,5-6,11,13-14H2,1H3,(H,22,23);1H. The Bertz CT molecular complexity index is 685. The summed E-state index contributed by atoms with van der Waals surface area (Å²) in [4.78, 5) is 12.4. The van der Waals surface area contributed by atoms with E-state index in [1.807, 2.05) is 55.5 Å². The van der Waals surface area contributed by atoms with Crippen molar-refractivity contribution in [2.75, 3.05) is 11.9 Å². The lowest BCUT2D eigenvalue weighted by Crippen LogP contribution is -2.43. The topological polar surface area (TPSA) is 50.4 Å². The normalized spacial score (nSPS) is 16.6. The predicted octanol–water partition coefficient (Wildman–Crippen LogP) is 4.08. The highest BCUT2D eigenvalue weighted by atomic mass is 35.5. The van der Waals surface area contributed by atoms with Gasteiger partial charge >= 0.3 is 0 Å². The first-order valence-electron chi connectivity index (χ1n) is 8.54. The summed E-state index contributed by atoms with van der Waals surface area (Å²) in [6.07, 6.45) is 3.16. The fraction of sp³-hybridized carbons (Fsp3) is 0.350. The largest absolute Gasteiger partial charge is 0.489 e. The number of carbonyl (C=O) groups is 1. The van der Waals surface area contributed by atoms with Crippen molar-refractivity contribution in [1.82, 2.24) is 5.32 Å². The first-order chi connectivity index (χ1) is 11.7. The second kappa shape index (κ2) is 9.44. The second-order valence-electron chi connectivity index (χ2n) is 6.18. The molecule has 4 nitrogen and oxygen atoms in total. The van der Waals surface area contributed by atoms with E-state index in [0.29, 0.717) is 6.61 Å². The Morgan fingerprint density at radius 1 is 1.16 bits per heavy atom. The number of rotatable bonds is 5. The molecule has 2 N–H and O–H groups in total. The number of carbonyl (C=O) groups excluding carboxylic acids is 1. The monoisotopic (exact) mass is 360 g/mol. The van der Waals surface area contributed by atoms with Gasteiger partial charge < -0.3 is 15.4 Å². The van der Waals surface area contributed by atoms with E-state index in [2.05, 4.69) is 10.6 Å². The van der Waals surface area contributed by atoms with Crippen LogP contribution in [0.5, 0.6) is 5.75 Å². The van der Waals surface area contributed by atoms with Crippen LogP contribution in [0.2, 0.25) is 0 Å². The molecule has 0 spiro atoms. The van der Waals surface area contributed by atoms with Crippen molar-refractivity contribution < 1.29 is 9.53 Å². The molecule has 0 aliphatic carbocycles. The molecule has 1 aliphatic heterocycles. The Morgan fingerprint density at radius 2 is 1.96 bits per heavy atom. The van der Waals surface area contributed by atoms with Crippen LogP contribution in [0.4, 0.5) is 5.69 Å². The molecule has 1 saturated heterocycles. The SMILES string of the molecule is Cc1c(COc2ccccc2)cccc1NC(=O)C1CCCCN1.Cl. The molecule has 134 valence electrons. The molecule has 0 aromatic heterocycles. The fourth-order valence-electron chi connectivity index (χ4n) is 2.95. The summed E-state index contributed by atoms with van der Waals surface area (Å²) >= 11 is 0. The minimum absolute atomic E-state index is 0. The Balaban J connectivity index is 0.00000225. The first-order valence-corrected chi connectivity index (χ1v) is 8.54. The summed E-state index contributed by atoms with van der Waals surface area (Å²) < 4.78 is 5.82. The quantitative estimate of drug-likeness (QED) is 0.844. The first kappa shape index (κ1) is 19.3. The summed E-state index contributed by atoms with van der Waals surface area (Å²) in [7, 11) is 0. The second-order valence-corrected chi connectivity index (χ2v) is 6.18. The zero-order chi connectivity index (χ0) is 16.8. The van der Waals surface area contributed by atoms with Crippen molar-refractivity contribution in [3.05, 3.63) is 59.7 Å². The molecule has 1 atom stereocenters. The van der Waals surface area contributed by atoms with Crippen molar-refractivity contribution in [2.24, 2.45) is 0 Å². The van der Waals surface area contributed by atoms with Crippen molar-refractivity contribution >= 4 is 24.0 Å². The van der Waals surface area contributed by atoms with Gasteiger partial charge in [-0.15, -0.1) is 12.4 Å². The molecule has 1 aliphatic rings. The minimum Gasteiger partial charge on any atom is -0.489 e. The van der Waals surface area contributed by atoms with E-state index in [1.54, 1.807) is 0 Å². The maximum absolute atomic E-state index is 12.4. The van der Waals surface area contributed by atoms with Gasteiger partial charge in [-0.05, 0) is 55.6 Å². The molecule has 1 amide bonds. The van der Waals surface area contributed by atoms with E-state index in [9.17, 15) is 4.79 Å². The number of hydrogen-bond acceptors (Lipinski definition) is 3. The van der Waals surface area contributed by atoms with Crippen LogP contribution < -0.4 is 15.4 Å². The van der Waals surface area contributed by atoms with Crippen LogP contribution in [0.15, 0.2) is 48.5 Å². The van der Waals surface area contributed by atoms with Gasteiger partial charge in [0.25, 0.3) is 0 Å². The molecule has 0 bridgehead atoms. The fourth-order valence-corrected chi connectivity index (χ4v) is 2.95. The summed E-state index contributed by atoms with van der Waals surface area (Å²) in [6, 6.07) is 15.6. The number of anilines is 1. The number of amides is 1. The minimum atomic E-state index is -0.0811. The van der Waals surface area contributed by atoms with Crippen LogP contribution in [-0.2, 0) is 11.4 Å². The van der Waals surface area contributed by atoms with Gasteiger partial charge in [0, 0.05) is 5.69 Å². The van der Waals surface area contributed by atoms with Gasteiger partial charge in [0.15, 0.2) is 0 Å². The average Bonchev–Trinajstić information content (AvgIpc) is 2.64. The molecule has 2 aromatic rings. The number of benzene rings is 2. The van der Waals surface area contributed by atoms with Crippen LogP contribution in [0.3, 0.4) is 0 Å². The lowest BCUT2D eigenvalue weighted by atomic mass is 10.0.